The van der Waals surface area contributed by atoms with Gasteiger partial charge in [0.2, 0.25) is 5.89 Å². The number of para-hydroxylation sites is 1. The number of hydrogen-bond acceptors (Lipinski definition) is 7. The number of imidazole rings is 1. The van der Waals surface area contributed by atoms with Crippen molar-refractivity contribution in [3.05, 3.63) is 65.8 Å². The Morgan fingerprint density at radius 2 is 2.03 bits per heavy atom. The van der Waals surface area contributed by atoms with E-state index in [2.05, 4.69) is 25.1 Å². The van der Waals surface area contributed by atoms with E-state index in [9.17, 15) is 4.79 Å². The first kappa shape index (κ1) is 18.4. The van der Waals surface area contributed by atoms with Crippen LogP contribution in [0.15, 0.2) is 41.2 Å². The molecule has 0 saturated heterocycles. The molecule has 5 rings (SSSR count). The molecular weight excluding hydrogens is 382 g/mol. The van der Waals surface area contributed by atoms with Crippen LogP contribution in [0.5, 0.6) is 0 Å². The van der Waals surface area contributed by atoms with Gasteiger partial charge in [-0.05, 0) is 6.07 Å². The Hall–Kier alpha value is -3.62. The number of aromatic amines is 1. The molecule has 9 heteroatoms. The van der Waals surface area contributed by atoms with E-state index in [0.717, 1.165) is 22.3 Å². The number of aromatic nitrogens is 6. The zero-order valence-electron chi connectivity index (χ0n) is 17.0. The van der Waals surface area contributed by atoms with E-state index in [1.807, 2.05) is 45.0 Å². The van der Waals surface area contributed by atoms with Gasteiger partial charge in [-0.1, -0.05) is 39.0 Å². The van der Waals surface area contributed by atoms with Crippen LogP contribution >= 0.6 is 0 Å². The molecule has 1 amide bonds. The van der Waals surface area contributed by atoms with E-state index in [1.165, 1.54) is 0 Å². The summed E-state index contributed by atoms with van der Waals surface area (Å²) in [7, 11) is 0. The second-order valence-corrected chi connectivity index (χ2v) is 8.37. The lowest BCUT2D eigenvalue weighted by molar-refractivity contribution is 0.0639. The van der Waals surface area contributed by atoms with Crippen molar-refractivity contribution in [2.24, 2.45) is 0 Å². The van der Waals surface area contributed by atoms with E-state index in [4.69, 9.17) is 9.40 Å². The largest absolute Gasteiger partial charge is 0.416 e. The third-order valence-electron chi connectivity index (χ3n) is 5.19. The smallest absolute Gasteiger partial charge is 0.312 e. The van der Waals surface area contributed by atoms with Gasteiger partial charge in [-0.15, -0.1) is 10.2 Å². The third kappa shape index (κ3) is 3.02. The Labute approximate surface area is 172 Å². The number of amides is 1. The van der Waals surface area contributed by atoms with Crippen molar-refractivity contribution in [3.8, 4) is 0 Å². The molecule has 0 unspecified atom stereocenters. The van der Waals surface area contributed by atoms with Crippen molar-refractivity contribution in [2.75, 3.05) is 6.54 Å². The predicted octanol–water partition coefficient (Wildman–Crippen LogP) is 2.82. The molecule has 0 bridgehead atoms. The van der Waals surface area contributed by atoms with Crippen LogP contribution in [0.4, 0.5) is 0 Å². The Morgan fingerprint density at radius 3 is 2.83 bits per heavy atom. The van der Waals surface area contributed by atoms with Gasteiger partial charge in [-0.25, -0.2) is 15.0 Å². The predicted molar refractivity (Wildman–Crippen MR) is 108 cm³/mol. The van der Waals surface area contributed by atoms with Crippen LogP contribution in [0.1, 0.15) is 60.6 Å². The first-order valence-corrected chi connectivity index (χ1v) is 9.80. The summed E-state index contributed by atoms with van der Waals surface area (Å²) in [4.78, 5) is 31.9. The number of hydrogen-bond donors (Lipinski definition) is 1. The number of carbonyl (C=O) groups excluding carboxylic acids is 1. The molecule has 1 atom stereocenters. The molecule has 1 aliphatic rings. The SMILES string of the molecule is CC(C)(C)c1nnc(C(=O)N2CCc3[nH]cnc3[C@H]2c2ncc3ccccc3n2)o1. The molecule has 9 nitrogen and oxygen atoms in total. The minimum atomic E-state index is -0.540. The molecule has 1 aromatic carbocycles. The lowest BCUT2D eigenvalue weighted by Gasteiger charge is -2.33. The molecule has 0 radical (unpaired) electrons. The van der Waals surface area contributed by atoms with Gasteiger partial charge in [0.25, 0.3) is 0 Å². The van der Waals surface area contributed by atoms with E-state index < -0.39 is 6.04 Å². The number of nitrogens with zero attached hydrogens (tertiary/aromatic N) is 6. The quantitative estimate of drug-likeness (QED) is 0.547. The summed E-state index contributed by atoms with van der Waals surface area (Å²) in [5.41, 5.74) is 2.18. The zero-order chi connectivity index (χ0) is 20.9. The van der Waals surface area contributed by atoms with Crippen LogP contribution in [0, 0.1) is 0 Å². The van der Waals surface area contributed by atoms with Gasteiger partial charge in [-0.3, -0.25) is 4.79 Å². The second kappa shape index (κ2) is 6.72. The van der Waals surface area contributed by atoms with Gasteiger partial charge in [-0.2, -0.15) is 0 Å². The second-order valence-electron chi connectivity index (χ2n) is 8.37. The van der Waals surface area contributed by atoms with Gasteiger partial charge in [0.05, 0.1) is 17.5 Å². The van der Waals surface area contributed by atoms with Crippen molar-refractivity contribution in [3.63, 3.8) is 0 Å². The van der Waals surface area contributed by atoms with Crippen molar-refractivity contribution in [1.82, 2.24) is 35.0 Å². The summed E-state index contributed by atoms with van der Waals surface area (Å²) in [6.45, 7) is 6.33. The summed E-state index contributed by atoms with van der Waals surface area (Å²) in [6.07, 6.45) is 4.05. The molecule has 30 heavy (non-hydrogen) atoms. The number of fused-ring (bicyclic) bond motifs is 2. The summed E-state index contributed by atoms with van der Waals surface area (Å²) >= 11 is 0. The molecule has 1 N–H and O–H groups in total. The number of carbonyl (C=O) groups is 1. The van der Waals surface area contributed by atoms with Crippen LogP contribution in [0.2, 0.25) is 0 Å². The summed E-state index contributed by atoms with van der Waals surface area (Å²) in [6, 6.07) is 7.21. The van der Waals surface area contributed by atoms with Crippen LogP contribution < -0.4 is 0 Å². The number of H-pyrrole nitrogens is 1. The average Bonchev–Trinajstić information content (AvgIpc) is 3.41. The van der Waals surface area contributed by atoms with E-state index in [-0.39, 0.29) is 17.2 Å². The fourth-order valence-corrected chi connectivity index (χ4v) is 3.61. The fraction of sp³-hybridized carbons (Fsp3) is 0.333. The number of rotatable bonds is 2. The monoisotopic (exact) mass is 403 g/mol. The Kier molecular flexibility index (Phi) is 4.12. The van der Waals surface area contributed by atoms with Crippen molar-refractivity contribution in [2.45, 2.75) is 38.6 Å². The average molecular weight is 403 g/mol. The Morgan fingerprint density at radius 1 is 1.20 bits per heavy atom. The van der Waals surface area contributed by atoms with Crippen molar-refractivity contribution >= 4 is 16.8 Å². The van der Waals surface area contributed by atoms with Crippen LogP contribution in [-0.2, 0) is 11.8 Å². The first-order chi connectivity index (χ1) is 14.4. The lowest BCUT2D eigenvalue weighted by Crippen LogP contribution is -2.41. The van der Waals surface area contributed by atoms with Gasteiger partial charge >= 0.3 is 11.8 Å². The highest BCUT2D eigenvalue weighted by molar-refractivity contribution is 5.90. The standard InChI is InChI=1S/C21H21N7O2/c1-21(2,3)20-27-26-18(30-20)19(29)28-9-8-14-15(24-11-23-14)16(28)17-22-10-12-6-4-5-7-13(12)25-17/h4-7,10-11,16H,8-9H2,1-3H3,(H,23,24)/t16-/m0/s1. The minimum absolute atomic E-state index is 0.0373. The first-order valence-electron chi connectivity index (χ1n) is 9.80. The fourth-order valence-electron chi connectivity index (χ4n) is 3.61. The van der Waals surface area contributed by atoms with Crippen molar-refractivity contribution in [1.29, 1.82) is 0 Å². The summed E-state index contributed by atoms with van der Waals surface area (Å²) in [5.74, 6) is 0.533. The van der Waals surface area contributed by atoms with E-state index in [0.29, 0.717) is 24.7 Å². The molecule has 152 valence electrons. The van der Waals surface area contributed by atoms with Crippen LogP contribution in [0.3, 0.4) is 0 Å². The maximum absolute atomic E-state index is 13.4. The Bertz CT molecular complexity index is 1240. The highest BCUT2D eigenvalue weighted by Gasteiger charge is 2.38. The molecule has 0 saturated carbocycles. The molecular formula is C21H21N7O2. The maximum Gasteiger partial charge on any atom is 0.312 e. The van der Waals surface area contributed by atoms with E-state index >= 15 is 0 Å². The molecule has 1 aliphatic heterocycles. The highest BCUT2D eigenvalue weighted by atomic mass is 16.4. The molecule has 4 heterocycles. The molecule has 0 spiro atoms. The number of nitrogens with one attached hydrogen (secondary N) is 1. The van der Waals surface area contributed by atoms with Gasteiger partial charge in [0.1, 0.15) is 6.04 Å². The third-order valence-corrected chi connectivity index (χ3v) is 5.19. The number of benzene rings is 1. The van der Waals surface area contributed by atoms with Gasteiger partial charge < -0.3 is 14.3 Å². The zero-order valence-corrected chi connectivity index (χ0v) is 17.0. The minimum Gasteiger partial charge on any atom is -0.416 e. The maximum atomic E-state index is 13.4. The van der Waals surface area contributed by atoms with Gasteiger partial charge in [0, 0.05) is 35.7 Å². The van der Waals surface area contributed by atoms with Crippen LogP contribution in [-0.4, -0.2) is 47.5 Å². The normalized spacial score (nSPS) is 16.6. The molecule has 4 aromatic rings. The lowest BCUT2D eigenvalue weighted by atomic mass is 9.97. The highest BCUT2D eigenvalue weighted by Crippen LogP contribution is 2.33. The van der Waals surface area contributed by atoms with E-state index in [1.54, 1.807) is 17.4 Å². The summed E-state index contributed by atoms with van der Waals surface area (Å²) < 4.78 is 5.70. The summed E-state index contributed by atoms with van der Waals surface area (Å²) in [5, 5.41) is 9.00. The Balaban J connectivity index is 1.58. The molecule has 0 aliphatic carbocycles. The van der Waals surface area contributed by atoms with Crippen molar-refractivity contribution < 1.29 is 9.21 Å². The topological polar surface area (TPSA) is 114 Å². The van der Waals surface area contributed by atoms with Crippen LogP contribution in [0.25, 0.3) is 10.9 Å². The molecule has 3 aromatic heterocycles. The molecule has 0 fully saturated rings. The van der Waals surface area contributed by atoms with Gasteiger partial charge in [0.15, 0.2) is 5.82 Å².